The van der Waals surface area contributed by atoms with Gasteiger partial charge < -0.3 is 20.1 Å². The summed E-state index contributed by atoms with van der Waals surface area (Å²) in [5, 5.41) is 22.9. The number of benzene rings is 2. The zero-order chi connectivity index (χ0) is 26.5. The van der Waals surface area contributed by atoms with E-state index >= 15 is 0 Å². The molecule has 9 nitrogen and oxygen atoms in total. The molecule has 1 unspecified atom stereocenters. The minimum absolute atomic E-state index is 0.0653. The maximum absolute atomic E-state index is 10.9. The third kappa shape index (κ3) is 6.95. The van der Waals surface area contributed by atoms with Crippen LogP contribution in [0.2, 0.25) is 5.15 Å². The van der Waals surface area contributed by atoms with Crippen LogP contribution in [-0.4, -0.2) is 53.5 Å². The molecule has 1 atom stereocenters. The predicted molar refractivity (Wildman–Crippen MR) is 129 cm³/mol. The van der Waals surface area contributed by atoms with E-state index in [4.69, 9.17) is 26.2 Å². The summed E-state index contributed by atoms with van der Waals surface area (Å²) in [6, 6.07) is 14.5. The van der Waals surface area contributed by atoms with Crippen molar-refractivity contribution in [3.8, 4) is 0 Å². The van der Waals surface area contributed by atoms with Gasteiger partial charge in [0.25, 0.3) is 5.69 Å². The maximum Gasteiger partial charge on any atom is 0.490 e. The molecule has 192 valence electrons. The second-order valence-corrected chi connectivity index (χ2v) is 8.20. The Morgan fingerprint density at radius 2 is 1.81 bits per heavy atom. The molecule has 2 N–H and O–H groups in total. The van der Waals surface area contributed by atoms with E-state index in [0.717, 1.165) is 54.1 Å². The minimum atomic E-state index is -5.08. The Morgan fingerprint density at radius 3 is 2.36 bits per heavy atom. The van der Waals surface area contributed by atoms with Crippen LogP contribution in [0.3, 0.4) is 0 Å². The summed E-state index contributed by atoms with van der Waals surface area (Å²) in [7, 11) is 0. The monoisotopic (exact) mass is 526 g/mol. The first-order valence-corrected chi connectivity index (χ1v) is 11.1. The number of anilines is 2. The number of nitrogens with zero attached hydrogens (tertiary/aromatic N) is 3. The Hall–Kier alpha value is -3.64. The van der Waals surface area contributed by atoms with Crippen LogP contribution in [0.15, 0.2) is 48.5 Å². The number of fused-ring (bicyclic) bond motifs is 1. The van der Waals surface area contributed by atoms with Crippen LogP contribution in [0.1, 0.15) is 18.5 Å². The first-order chi connectivity index (χ1) is 17.0. The van der Waals surface area contributed by atoms with Gasteiger partial charge in [0.1, 0.15) is 5.15 Å². The molecule has 0 bridgehead atoms. The van der Waals surface area contributed by atoms with Gasteiger partial charge in [0.2, 0.25) is 0 Å². The fraction of sp³-hybridized carbons (Fsp3) is 0.304. The number of rotatable bonds is 5. The number of pyridine rings is 1. The van der Waals surface area contributed by atoms with Crippen molar-refractivity contribution in [2.75, 3.05) is 36.5 Å². The normalized spacial score (nSPS) is 14.5. The van der Waals surface area contributed by atoms with Gasteiger partial charge in [-0.25, -0.2) is 9.78 Å². The highest BCUT2D eigenvalue weighted by atomic mass is 35.5. The smallest absolute Gasteiger partial charge is 0.475 e. The standard InChI is InChI=1S/C21H21ClN4O3.C2HF3O2/c1-14(15-2-4-16(5-3-15)26(27)28)23-20-13-21(22)24-19-7-6-17(12-18(19)20)25-8-10-29-11-9-25;3-2(4,5)1(6)7/h2-7,12-14H,8-11H2,1H3,(H,23,24);(H,6,7). The van der Waals surface area contributed by atoms with Crippen molar-refractivity contribution in [1.29, 1.82) is 0 Å². The number of carbonyl (C=O) groups is 1. The summed E-state index contributed by atoms with van der Waals surface area (Å²) < 4.78 is 37.2. The van der Waals surface area contributed by atoms with Gasteiger partial charge in [-0.1, -0.05) is 23.7 Å². The number of aromatic nitrogens is 1. The van der Waals surface area contributed by atoms with Crippen molar-refractivity contribution in [1.82, 2.24) is 4.98 Å². The molecule has 1 aliphatic rings. The van der Waals surface area contributed by atoms with Gasteiger partial charge >= 0.3 is 12.1 Å². The lowest BCUT2D eigenvalue weighted by atomic mass is 10.1. The quantitative estimate of drug-likeness (QED) is 0.256. The zero-order valence-electron chi connectivity index (χ0n) is 19.0. The highest BCUT2D eigenvalue weighted by molar-refractivity contribution is 6.30. The number of nitro benzene ring substituents is 1. The van der Waals surface area contributed by atoms with Crippen LogP contribution in [0.4, 0.5) is 30.2 Å². The number of alkyl halides is 3. The topological polar surface area (TPSA) is 118 Å². The summed E-state index contributed by atoms with van der Waals surface area (Å²) >= 11 is 6.24. The lowest BCUT2D eigenvalue weighted by molar-refractivity contribution is -0.384. The molecule has 4 rings (SSSR count). The summed E-state index contributed by atoms with van der Waals surface area (Å²) in [6.45, 7) is 5.16. The number of hydrogen-bond acceptors (Lipinski definition) is 7. The summed E-state index contributed by atoms with van der Waals surface area (Å²) in [5.41, 5.74) is 3.83. The number of nitro groups is 1. The molecule has 36 heavy (non-hydrogen) atoms. The molecular formula is C23H22ClF3N4O5. The zero-order valence-corrected chi connectivity index (χ0v) is 19.7. The van der Waals surface area contributed by atoms with E-state index in [0.29, 0.717) is 5.15 Å². The lowest BCUT2D eigenvalue weighted by Gasteiger charge is -2.29. The summed E-state index contributed by atoms with van der Waals surface area (Å²) in [6.07, 6.45) is -5.08. The van der Waals surface area contributed by atoms with E-state index in [1.807, 2.05) is 19.1 Å². The van der Waals surface area contributed by atoms with Gasteiger partial charge in [-0.3, -0.25) is 10.1 Å². The van der Waals surface area contributed by atoms with Crippen LogP contribution in [-0.2, 0) is 9.53 Å². The Labute approximate surface area is 208 Å². The molecule has 0 spiro atoms. The summed E-state index contributed by atoms with van der Waals surface area (Å²) in [5.74, 6) is -2.76. The average molecular weight is 527 g/mol. The number of carboxylic acid groups (broad SMARTS) is 1. The van der Waals surface area contributed by atoms with E-state index in [1.54, 1.807) is 12.1 Å². The number of nitrogens with one attached hydrogen (secondary N) is 1. The molecule has 2 heterocycles. The number of hydrogen-bond donors (Lipinski definition) is 2. The Balaban J connectivity index is 0.000000454. The largest absolute Gasteiger partial charge is 0.490 e. The van der Waals surface area contributed by atoms with Crippen molar-refractivity contribution in [3.05, 3.63) is 69.4 Å². The highest BCUT2D eigenvalue weighted by Crippen LogP contribution is 2.32. The average Bonchev–Trinajstić information content (AvgIpc) is 2.84. The van der Waals surface area contributed by atoms with Crippen LogP contribution in [0.25, 0.3) is 10.9 Å². The molecule has 3 aromatic rings. The number of carboxylic acids is 1. The Bertz CT molecular complexity index is 1230. The van der Waals surface area contributed by atoms with Crippen molar-refractivity contribution in [2.45, 2.75) is 19.1 Å². The molecule has 13 heteroatoms. The SMILES string of the molecule is CC(Nc1cc(Cl)nc2ccc(N3CCOCC3)cc12)c1ccc([N+](=O)[O-])cc1.O=C(O)C(F)(F)F. The second-order valence-electron chi connectivity index (χ2n) is 7.81. The number of ether oxygens (including phenoxy) is 1. The molecule has 1 aromatic heterocycles. The molecule has 1 fully saturated rings. The Kier molecular flexibility index (Phi) is 8.53. The van der Waals surface area contributed by atoms with Crippen LogP contribution in [0, 0.1) is 10.1 Å². The summed E-state index contributed by atoms with van der Waals surface area (Å²) in [4.78, 5) is 26.1. The number of aliphatic carboxylic acids is 1. The first kappa shape index (κ1) is 27.0. The van der Waals surface area contributed by atoms with E-state index < -0.39 is 17.1 Å². The molecule has 0 radical (unpaired) electrons. The number of halogens is 4. The van der Waals surface area contributed by atoms with Gasteiger partial charge in [-0.05, 0) is 36.8 Å². The van der Waals surface area contributed by atoms with Crippen molar-refractivity contribution >= 4 is 45.5 Å². The van der Waals surface area contributed by atoms with Crippen LogP contribution >= 0.6 is 11.6 Å². The highest BCUT2D eigenvalue weighted by Gasteiger charge is 2.38. The third-order valence-corrected chi connectivity index (χ3v) is 5.55. The third-order valence-electron chi connectivity index (χ3n) is 5.36. The number of non-ortho nitro benzene ring substituents is 1. The second kappa shape index (κ2) is 11.4. The fourth-order valence-corrected chi connectivity index (χ4v) is 3.72. The van der Waals surface area contributed by atoms with Gasteiger partial charge in [-0.15, -0.1) is 0 Å². The van der Waals surface area contributed by atoms with E-state index in [-0.39, 0.29) is 11.7 Å². The molecule has 0 saturated carbocycles. The minimum Gasteiger partial charge on any atom is -0.475 e. The predicted octanol–water partition coefficient (Wildman–Crippen LogP) is 5.44. The lowest BCUT2D eigenvalue weighted by Crippen LogP contribution is -2.36. The molecule has 1 aliphatic heterocycles. The van der Waals surface area contributed by atoms with Crippen molar-refractivity contribution in [3.63, 3.8) is 0 Å². The molecular weight excluding hydrogens is 505 g/mol. The fourth-order valence-electron chi connectivity index (χ4n) is 3.52. The Morgan fingerprint density at radius 1 is 1.19 bits per heavy atom. The van der Waals surface area contributed by atoms with Crippen molar-refractivity contribution < 1.29 is 32.7 Å². The van der Waals surface area contributed by atoms with Gasteiger partial charge in [0.05, 0.1) is 23.7 Å². The van der Waals surface area contributed by atoms with Crippen LogP contribution in [0.5, 0.6) is 0 Å². The maximum atomic E-state index is 10.9. The molecule has 1 saturated heterocycles. The van der Waals surface area contributed by atoms with E-state index in [9.17, 15) is 23.3 Å². The number of morpholine rings is 1. The van der Waals surface area contributed by atoms with Gasteiger partial charge in [0.15, 0.2) is 0 Å². The molecule has 2 aromatic carbocycles. The van der Waals surface area contributed by atoms with E-state index in [1.165, 1.54) is 12.1 Å². The molecule has 0 amide bonds. The van der Waals surface area contributed by atoms with Crippen LogP contribution < -0.4 is 10.2 Å². The molecule has 0 aliphatic carbocycles. The first-order valence-electron chi connectivity index (χ1n) is 10.7. The van der Waals surface area contributed by atoms with Gasteiger partial charge in [-0.2, -0.15) is 13.2 Å². The van der Waals surface area contributed by atoms with Gasteiger partial charge in [0, 0.05) is 48.0 Å². The van der Waals surface area contributed by atoms with E-state index in [2.05, 4.69) is 27.3 Å². The van der Waals surface area contributed by atoms with Crippen molar-refractivity contribution in [2.24, 2.45) is 0 Å².